The fourth-order valence-corrected chi connectivity index (χ4v) is 1.07. The van der Waals surface area contributed by atoms with E-state index in [1.165, 1.54) is 0 Å². The smallest absolute Gasteiger partial charge is 0.119 e. The van der Waals surface area contributed by atoms with Crippen molar-refractivity contribution < 1.29 is 4.74 Å². The van der Waals surface area contributed by atoms with Gasteiger partial charge in [-0.25, -0.2) is 0 Å². The predicted molar refractivity (Wildman–Crippen MR) is 59.4 cm³/mol. The van der Waals surface area contributed by atoms with Crippen LogP contribution in [0.3, 0.4) is 0 Å². The molecule has 14 heavy (non-hydrogen) atoms. The van der Waals surface area contributed by atoms with Crippen LogP contribution < -0.4 is 10.5 Å². The Kier molecular flexibility index (Phi) is 3.72. The molecule has 0 heterocycles. The lowest BCUT2D eigenvalue weighted by Crippen LogP contribution is -2.04. The van der Waals surface area contributed by atoms with Gasteiger partial charge in [-0.2, -0.15) is 0 Å². The first-order valence-corrected chi connectivity index (χ1v) is 4.72. The van der Waals surface area contributed by atoms with Crippen LogP contribution in [-0.4, -0.2) is 6.61 Å². The monoisotopic (exact) mass is 191 g/mol. The highest BCUT2D eigenvalue weighted by atomic mass is 16.5. The zero-order valence-corrected chi connectivity index (χ0v) is 8.79. The van der Waals surface area contributed by atoms with Crippen LogP contribution in [0.1, 0.15) is 25.5 Å². The van der Waals surface area contributed by atoms with Gasteiger partial charge in [0.25, 0.3) is 0 Å². The second-order valence-corrected chi connectivity index (χ2v) is 3.60. The summed E-state index contributed by atoms with van der Waals surface area (Å²) < 4.78 is 5.46. The van der Waals surface area contributed by atoms with Crippen molar-refractivity contribution in [2.24, 2.45) is 5.73 Å². The van der Waals surface area contributed by atoms with Crippen LogP contribution in [0.2, 0.25) is 0 Å². The Morgan fingerprint density at radius 2 is 2.00 bits per heavy atom. The number of ether oxygens (including phenoxy) is 1. The highest BCUT2D eigenvalue weighted by molar-refractivity contribution is 5.28. The van der Waals surface area contributed by atoms with E-state index in [4.69, 9.17) is 10.5 Å². The molecular formula is C12H17NO. The molecule has 2 heteroatoms. The molecule has 0 spiro atoms. The molecule has 0 saturated heterocycles. The summed E-state index contributed by atoms with van der Waals surface area (Å²) in [4.78, 5) is 0. The first kappa shape index (κ1) is 10.8. The highest BCUT2D eigenvalue weighted by Gasteiger charge is 1.99. The van der Waals surface area contributed by atoms with Gasteiger partial charge in [0, 0.05) is 6.04 Å². The van der Waals surface area contributed by atoms with E-state index in [1.54, 1.807) is 0 Å². The molecule has 0 aliphatic carbocycles. The van der Waals surface area contributed by atoms with Gasteiger partial charge in [0.05, 0.1) is 0 Å². The van der Waals surface area contributed by atoms with Crippen LogP contribution in [0.25, 0.3) is 0 Å². The predicted octanol–water partition coefficient (Wildman–Crippen LogP) is 2.66. The molecule has 0 aromatic heterocycles. The maximum Gasteiger partial charge on any atom is 0.119 e. The summed E-state index contributed by atoms with van der Waals surface area (Å²) in [5.74, 6) is 0.859. The van der Waals surface area contributed by atoms with E-state index in [1.807, 2.05) is 38.1 Å². The summed E-state index contributed by atoms with van der Waals surface area (Å²) in [6.45, 7) is 8.24. The lowest BCUT2D eigenvalue weighted by Gasteiger charge is -2.08. The Balaban J connectivity index is 2.59. The van der Waals surface area contributed by atoms with Crippen LogP contribution in [0, 0.1) is 0 Å². The second-order valence-electron chi connectivity index (χ2n) is 3.60. The van der Waals surface area contributed by atoms with Crippen molar-refractivity contribution in [1.82, 2.24) is 0 Å². The van der Waals surface area contributed by atoms with Crippen molar-refractivity contribution in [1.29, 1.82) is 0 Å². The third-order valence-corrected chi connectivity index (χ3v) is 1.89. The second kappa shape index (κ2) is 4.82. The van der Waals surface area contributed by atoms with E-state index < -0.39 is 0 Å². The van der Waals surface area contributed by atoms with Crippen molar-refractivity contribution in [2.75, 3.05) is 6.61 Å². The highest BCUT2D eigenvalue weighted by Crippen LogP contribution is 2.16. The Bertz CT molecular complexity index is 301. The lowest BCUT2D eigenvalue weighted by molar-refractivity contribution is 0.352. The van der Waals surface area contributed by atoms with Crippen molar-refractivity contribution >= 4 is 0 Å². The molecule has 2 nitrogen and oxygen atoms in total. The SMILES string of the molecule is C=C(C)COc1ccc([C@H](C)N)cc1. The lowest BCUT2D eigenvalue weighted by atomic mass is 10.1. The van der Waals surface area contributed by atoms with Crippen molar-refractivity contribution in [3.8, 4) is 5.75 Å². The van der Waals surface area contributed by atoms with E-state index in [0.29, 0.717) is 6.61 Å². The normalized spacial score (nSPS) is 12.2. The van der Waals surface area contributed by atoms with Gasteiger partial charge in [-0.15, -0.1) is 0 Å². The molecule has 1 rings (SSSR count). The summed E-state index contributed by atoms with van der Waals surface area (Å²) in [5, 5.41) is 0. The van der Waals surface area contributed by atoms with Crippen LogP contribution >= 0.6 is 0 Å². The topological polar surface area (TPSA) is 35.2 Å². The minimum absolute atomic E-state index is 0.0743. The summed E-state index contributed by atoms with van der Waals surface area (Å²) in [6.07, 6.45) is 0. The molecule has 0 radical (unpaired) electrons. The van der Waals surface area contributed by atoms with Gasteiger partial charge in [0.15, 0.2) is 0 Å². The quantitative estimate of drug-likeness (QED) is 0.742. The van der Waals surface area contributed by atoms with Gasteiger partial charge < -0.3 is 10.5 Å². The summed E-state index contributed by atoms with van der Waals surface area (Å²) >= 11 is 0. The van der Waals surface area contributed by atoms with Gasteiger partial charge in [-0.1, -0.05) is 18.7 Å². The molecule has 1 aromatic carbocycles. The molecule has 1 aromatic rings. The number of hydrogen-bond acceptors (Lipinski definition) is 2. The largest absolute Gasteiger partial charge is 0.489 e. The molecule has 0 saturated carbocycles. The molecule has 76 valence electrons. The van der Waals surface area contributed by atoms with Crippen LogP contribution in [0.5, 0.6) is 5.75 Å². The van der Waals surface area contributed by atoms with Crippen LogP contribution in [0.15, 0.2) is 36.4 Å². The minimum Gasteiger partial charge on any atom is -0.489 e. The molecule has 0 bridgehead atoms. The van der Waals surface area contributed by atoms with E-state index >= 15 is 0 Å². The maximum atomic E-state index is 5.73. The summed E-state index contributed by atoms with van der Waals surface area (Å²) in [5.41, 5.74) is 7.86. The van der Waals surface area contributed by atoms with E-state index in [-0.39, 0.29) is 6.04 Å². The third-order valence-electron chi connectivity index (χ3n) is 1.89. The molecule has 1 atom stereocenters. The fraction of sp³-hybridized carbons (Fsp3) is 0.333. The van der Waals surface area contributed by atoms with Crippen LogP contribution in [0.4, 0.5) is 0 Å². The standard InChI is InChI=1S/C12H17NO/c1-9(2)8-14-12-6-4-11(5-7-12)10(3)13/h4-7,10H,1,8,13H2,2-3H3/t10-/m0/s1. The number of hydrogen-bond donors (Lipinski definition) is 1. The molecule has 2 N–H and O–H groups in total. The Morgan fingerprint density at radius 3 is 2.43 bits per heavy atom. The fourth-order valence-electron chi connectivity index (χ4n) is 1.07. The number of rotatable bonds is 4. The van der Waals surface area contributed by atoms with Gasteiger partial charge in [-0.3, -0.25) is 0 Å². The van der Waals surface area contributed by atoms with Gasteiger partial charge in [-0.05, 0) is 37.1 Å². The van der Waals surface area contributed by atoms with Crippen molar-refractivity contribution in [3.63, 3.8) is 0 Å². The minimum atomic E-state index is 0.0743. The van der Waals surface area contributed by atoms with Gasteiger partial charge in [0.2, 0.25) is 0 Å². The van der Waals surface area contributed by atoms with Crippen LogP contribution in [-0.2, 0) is 0 Å². The van der Waals surface area contributed by atoms with Crippen molar-refractivity contribution in [2.45, 2.75) is 19.9 Å². The van der Waals surface area contributed by atoms with Gasteiger partial charge >= 0.3 is 0 Å². The summed E-state index contributed by atoms with van der Waals surface area (Å²) in [6, 6.07) is 7.91. The molecule has 0 unspecified atom stereocenters. The Hall–Kier alpha value is -1.28. The maximum absolute atomic E-state index is 5.73. The molecule has 0 fully saturated rings. The van der Waals surface area contributed by atoms with Gasteiger partial charge in [0.1, 0.15) is 12.4 Å². The Morgan fingerprint density at radius 1 is 1.43 bits per heavy atom. The zero-order valence-electron chi connectivity index (χ0n) is 8.79. The first-order chi connectivity index (χ1) is 6.59. The molecule has 0 aliphatic heterocycles. The number of benzene rings is 1. The Labute approximate surface area is 85.4 Å². The number of nitrogens with two attached hydrogens (primary N) is 1. The molecule has 0 amide bonds. The molecule has 0 aliphatic rings. The van der Waals surface area contributed by atoms with E-state index in [9.17, 15) is 0 Å². The van der Waals surface area contributed by atoms with E-state index in [0.717, 1.165) is 16.9 Å². The zero-order chi connectivity index (χ0) is 10.6. The third kappa shape index (κ3) is 3.23. The molecular weight excluding hydrogens is 174 g/mol. The van der Waals surface area contributed by atoms with E-state index in [2.05, 4.69) is 6.58 Å². The summed E-state index contributed by atoms with van der Waals surface area (Å²) in [7, 11) is 0. The average molecular weight is 191 g/mol. The first-order valence-electron chi connectivity index (χ1n) is 4.72. The van der Waals surface area contributed by atoms with Crippen molar-refractivity contribution in [3.05, 3.63) is 42.0 Å². The average Bonchev–Trinajstić information content (AvgIpc) is 2.15.